The summed E-state index contributed by atoms with van der Waals surface area (Å²) in [7, 11) is 0. The minimum Gasteiger partial charge on any atom is -0.481 e. The van der Waals surface area contributed by atoms with Crippen LogP contribution in [0.1, 0.15) is 24.1 Å². The number of aromatic nitrogens is 2. The van der Waals surface area contributed by atoms with Crippen LogP contribution in [0.25, 0.3) is 33.7 Å². The topological polar surface area (TPSA) is 88.2 Å². The molecule has 0 radical (unpaired) electrons. The number of aliphatic carboxylic acids is 1. The Hall–Kier alpha value is -4.49. The van der Waals surface area contributed by atoms with Crippen LogP contribution < -0.4 is 5.32 Å². The quantitative estimate of drug-likeness (QED) is 0.218. The molecule has 0 amide bonds. The van der Waals surface area contributed by atoms with Crippen LogP contribution in [0, 0.1) is 12.7 Å². The number of nitrogens with zero attached hydrogens (tertiary/aromatic N) is 2. The highest BCUT2D eigenvalue weighted by Crippen LogP contribution is 2.48. The van der Waals surface area contributed by atoms with E-state index >= 15 is 0 Å². The minimum absolute atomic E-state index is 0.0210. The van der Waals surface area contributed by atoms with E-state index in [4.69, 9.17) is 16.1 Å². The maximum atomic E-state index is 14.0. The van der Waals surface area contributed by atoms with E-state index < -0.39 is 17.2 Å². The Morgan fingerprint density at radius 2 is 1.59 bits per heavy atom. The van der Waals surface area contributed by atoms with Gasteiger partial charge >= 0.3 is 5.97 Å². The van der Waals surface area contributed by atoms with E-state index in [2.05, 4.69) is 15.5 Å². The second-order valence-electron chi connectivity index (χ2n) is 9.65. The highest BCUT2D eigenvalue weighted by Gasteiger charge is 2.51. The lowest BCUT2D eigenvalue weighted by Crippen LogP contribution is -2.19. The molecule has 1 aliphatic rings. The summed E-state index contributed by atoms with van der Waals surface area (Å²) in [6, 6.07) is 25.6. The normalized spacial score (nSPS) is 13.7. The maximum absolute atomic E-state index is 14.0. The average Bonchev–Trinajstić information content (AvgIpc) is 3.70. The highest BCUT2D eigenvalue weighted by atomic mass is 35.5. The lowest BCUT2D eigenvalue weighted by Gasteiger charge is -2.11. The summed E-state index contributed by atoms with van der Waals surface area (Å²) >= 11 is 6.17. The SMILES string of the molecule is Cc1noc(-c2ccc(-c3ccc(C4(C(=O)O)CC4)cc3)cc2)c1Nc1cccc(-c2cccc(F)c2Cl)n1. The van der Waals surface area contributed by atoms with Crippen LogP contribution in [0.5, 0.6) is 0 Å². The number of carbonyl (C=O) groups is 1. The van der Waals surface area contributed by atoms with Crippen molar-refractivity contribution in [2.45, 2.75) is 25.2 Å². The van der Waals surface area contributed by atoms with Gasteiger partial charge in [-0.3, -0.25) is 4.79 Å². The first kappa shape index (κ1) is 24.8. The van der Waals surface area contributed by atoms with Gasteiger partial charge in [0.25, 0.3) is 0 Å². The Morgan fingerprint density at radius 1 is 0.949 bits per heavy atom. The molecule has 5 aromatic rings. The van der Waals surface area contributed by atoms with Gasteiger partial charge in [-0.1, -0.05) is 83.5 Å². The molecule has 194 valence electrons. The third-order valence-corrected chi connectivity index (χ3v) is 7.55. The van der Waals surface area contributed by atoms with Crippen LogP contribution in [0.2, 0.25) is 5.02 Å². The summed E-state index contributed by atoms with van der Waals surface area (Å²) in [4.78, 5) is 16.2. The Balaban J connectivity index is 1.25. The average molecular weight is 540 g/mol. The fraction of sp³-hybridized carbons (Fsp3) is 0.129. The lowest BCUT2D eigenvalue weighted by molar-refractivity contribution is -0.140. The van der Waals surface area contributed by atoms with Crippen LogP contribution in [0.3, 0.4) is 0 Å². The molecule has 0 saturated heterocycles. The van der Waals surface area contributed by atoms with Gasteiger partial charge in [0.05, 0.1) is 16.1 Å². The van der Waals surface area contributed by atoms with Crippen LogP contribution in [-0.4, -0.2) is 21.2 Å². The largest absolute Gasteiger partial charge is 0.481 e. The fourth-order valence-corrected chi connectivity index (χ4v) is 4.97. The summed E-state index contributed by atoms with van der Waals surface area (Å²) in [6.07, 6.45) is 1.36. The van der Waals surface area contributed by atoms with Crippen LogP contribution in [-0.2, 0) is 10.2 Å². The number of nitrogens with one attached hydrogen (secondary N) is 1. The second kappa shape index (κ2) is 9.67. The first-order valence-corrected chi connectivity index (χ1v) is 12.8. The molecule has 0 unspecified atom stereocenters. The molecule has 1 aliphatic carbocycles. The summed E-state index contributed by atoms with van der Waals surface area (Å²) in [5.74, 6) is -0.168. The number of carboxylic acid groups (broad SMARTS) is 1. The number of benzene rings is 3. The monoisotopic (exact) mass is 539 g/mol. The van der Waals surface area contributed by atoms with Crippen molar-refractivity contribution in [3.8, 4) is 33.7 Å². The Bertz CT molecular complexity index is 1690. The molecule has 2 heterocycles. The van der Waals surface area contributed by atoms with Gasteiger partial charge in [0, 0.05) is 11.1 Å². The molecule has 39 heavy (non-hydrogen) atoms. The van der Waals surface area contributed by atoms with Gasteiger partial charge in [-0.05, 0) is 54.7 Å². The molecular formula is C31H23ClFN3O3. The summed E-state index contributed by atoms with van der Waals surface area (Å²) in [5, 5.41) is 17.0. The molecule has 0 spiro atoms. The van der Waals surface area contributed by atoms with Crippen LogP contribution in [0.15, 0.2) is 89.5 Å². The third kappa shape index (κ3) is 4.55. The van der Waals surface area contributed by atoms with E-state index in [1.165, 1.54) is 6.07 Å². The number of hydrogen-bond donors (Lipinski definition) is 2. The number of anilines is 2. The van der Waals surface area contributed by atoms with Crippen molar-refractivity contribution in [3.05, 3.63) is 107 Å². The molecule has 2 aromatic heterocycles. The van der Waals surface area contributed by atoms with E-state index in [9.17, 15) is 14.3 Å². The maximum Gasteiger partial charge on any atom is 0.314 e. The second-order valence-corrected chi connectivity index (χ2v) is 10.0. The van der Waals surface area contributed by atoms with E-state index in [0.29, 0.717) is 47.1 Å². The Kier molecular flexibility index (Phi) is 6.16. The van der Waals surface area contributed by atoms with Gasteiger partial charge in [-0.25, -0.2) is 9.37 Å². The predicted molar refractivity (Wildman–Crippen MR) is 149 cm³/mol. The fourth-order valence-electron chi connectivity index (χ4n) is 4.74. The van der Waals surface area contributed by atoms with E-state index in [-0.39, 0.29) is 5.02 Å². The third-order valence-electron chi connectivity index (χ3n) is 7.17. The van der Waals surface area contributed by atoms with E-state index in [1.807, 2.05) is 61.5 Å². The molecule has 0 bridgehead atoms. The number of aryl methyl sites for hydroxylation is 1. The van der Waals surface area contributed by atoms with Crippen molar-refractivity contribution in [2.24, 2.45) is 0 Å². The standard InChI is InChI=1S/C31H23ClFN3O3/c1-18-28(35-26-7-3-6-25(34-26)23-4-2-5-24(33)27(23)32)29(39-36-18)21-10-8-19(9-11-21)20-12-14-22(15-13-20)31(16-17-31)30(37)38/h2-15H,16-17H2,1H3,(H,34,35)(H,37,38). The van der Waals surface area contributed by atoms with Crippen molar-refractivity contribution in [3.63, 3.8) is 0 Å². The number of rotatable bonds is 7. The molecule has 3 aromatic carbocycles. The first-order chi connectivity index (χ1) is 18.9. The molecule has 0 aliphatic heterocycles. The van der Waals surface area contributed by atoms with Gasteiger partial charge in [-0.2, -0.15) is 0 Å². The van der Waals surface area contributed by atoms with Gasteiger partial charge in [0.15, 0.2) is 5.76 Å². The predicted octanol–water partition coefficient (Wildman–Crippen LogP) is 8.03. The molecule has 8 heteroatoms. The molecule has 0 atom stereocenters. The van der Waals surface area contributed by atoms with Crippen LogP contribution in [0.4, 0.5) is 15.9 Å². The van der Waals surface area contributed by atoms with Crippen molar-refractivity contribution in [2.75, 3.05) is 5.32 Å². The molecular weight excluding hydrogens is 517 g/mol. The van der Waals surface area contributed by atoms with Crippen molar-refractivity contribution in [1.29, 1.82) is 0 Å². The molecule has 6 rings (SSSR count). The van der Waals surface area contributed by atoms with Gasteiger partial charge in [-0.15, -0.1) is 0 Å². The van der Waals surface area contributed by atoms with E-state index in [0.717, 1.165) is 22.3 Å². The summed E-state index contributed by atoms with van der Waals surface area (Å²) < 4.78 is 19.6. The van der Waals surface area contributed by atoms with E-state index in [1.54, 1.807) is 24.3 Å². The lowest BCUT2D eigenvalue weighted by atomic mass is 9.93. The van der Waals surface area contributed by atoms with Gasteiger partial charge in [0.2, 0.25) is 0 Å². The molecule has 1 saturated carbocycles. The van der Waals surface area contributed by atoms with Crippen molar-refractivity contribution in [1.82, 2.24) is 10.1 Å². The first-order valence-electron chi connectivity index (χ1n) is 12.5. The zero-order valence-electron chi connectivity index (χ0n) is 20.9. The smallest absolute Gasteiger partial charge is 0.314 e. The minimum atomic E-state index is -0.758. The Morgan fingerprint density at radius 3 is 2.26 bits per heavy atom. The number of pyridine rings is 1. The van der Waals surface area contributed by atoms with Crippen molar-refractivity contribution < 1.29 is 18.8 Å². The van der Waals surface area contributed by atoms with Gasteiger partial charge in [0.1, 0.15) is 23.0 Å². The zero-order chi connectivity index (χ0) is 27.1. The molecule has 1 fully saturated rings. The highest BCUT2D eigenvalue weighted by molar-refractivity contribution is 6.33. The summed E-state index contributed by atoms with van der Waals surface area (Å²) in [6.45, 7) is 1.84. The number of hydrogen-bond acceptors (Lipinski definition) is 5. The zero-order valence-corrected chi connectivity index (χ0v) is 21.7. The number of halogens is 2. The Labute approximate surface area is 229 Å². The molecule has 6 nitrogen and oxygen atoms in total. The van der Waals surface area contributed by atoms with Crippen molar-refractivity contribution >= 4 is 29.1 Å². The van der Waals surface area contributed by atoms with Crippen LogP contribution >= 0.6 is 11.6 Å². The summed E-state index contributed by atoms with van der Waals surface area (Å²) in [5.41, 5.74) is 5.32. The van der Waals surface area contributed by atoms with Gasteiger partial charge < -0.3 is 14.9 Å². The number of carboxylic acids is 1. The molecule has 2 N–H and O–H groups in total.